The number of carbonyl (C=O) groups excluding carboxylic acids is 1. The van der Waals surface area contributed by atoms with Crippen molar-refractivity contribution in [2.75, 3.05) is 0 Å². The molecule has 4 nitrogen and oxygen atoms in total. The van der Waals surface area contributed by atoms with Crippen molar-refractivity contribution in [2.45, 2.75) is 38.3 Å². The van der Waals surface area contributed by atoms with E-state index in [0.717, 1.165) is 19.3 Å². The van der Waals surface area contributed by atoms with E-state index >= 15 is 0 Å². The van der Waals surface area contributed by atoms with Crippen LogP contribution in [0.4, 0.5) is 0 Å². The molecule has 0 radical (unpaired) electrons. The topological polar surface area (TPSA) is 67.2 Å². The molecule has 4 N–H and O–H groups in total. The van der Waals surface area contributed by atoms with E-state index in [4.69, 9.17) is 5.84 Å². The van der Waals surface area contributed by atoms with E-state index in [1.165, 1.54) is 0 Å². The van der Waals surface area contributed by atoms with E-state index in [9.17, 15) is 4.79 Å². The Balaban J connectivity index is 2.39. The van der Waals surface area contributed by atoms with Crippen LogP contribution in [0, 0.1) is 0 Å². The second-order valence-electron chi connectivity index (χ2n) is 3.06. The molecule has 0 unspecified atom stereocenters. The maximum absolute atomic E-state index is 11.0. The number of amides is 1. The largest absolute Gasteiger partial charge is 0.303 e. The summed E-state index contributed by atoms with van der Waals surface area (Å²) in [5.41, 5.74) is 2.15. The summed E-state index contributed by atoms with van der Waals surface area (Å²) in [6.07, 6.45) is 3.15. The van der Waals surface area contributed by atoms with Crippen LogP contribution >= 0.6 is 0 Å². The van der Waals surface area contributed by atoms with Gasteiger partial charge in [0.2, 0.25) is 0 Å². The maximum atomic E-state index is 11.0. The fourth-order valence-corrected chi connectivity index (χ4v) is 1.45. The lowest BCUT2D eigenvalue weighted by molar-refractivity contribution is -0.124. The van der Waals surface area contributed by atoms with Crippen LogP contribution < -0.4 is 16.6 Å². The Morgan fingerprint density at radius 1 is 1.64 bits per heavy atom. The van der Waals surface area contributed by atoms with Crippen LogP contribution in [0.5, 0.6) is 0 Å². The number of hydrazine groups is 1. The Morgan fingerprint density at radius 2 is 2.36 bits per heavy atom. The molecule has 1 heterocycles. The molecule has 11 heavy (non-hydrogen) atoms. The molecule has 0 bridgehead atoms. The summed E-state index contributed by atoms with van der Waals surface area (Å²) >= 11 is 0. The van der Waals surface area contributed by atoms with E-state index in [1.54, 1.807) is 0 Å². The average Bonchev–Trinajstić information content (AvgIpc) is 2.03. The Morgan fingerprint density at radius 3 is 2.91 bits per heavy atom. The van der Waals surface area contributed by atoms with Crippen molar-refractivity contribution in [3.05, 3.63) is 0 Å². The molecule has 0 aromatic carbocycles. The normalized spacial score (nSPS) is 31.5. The molecule has 0 aromatic heterocycles. The smallest absolute Gasteiger partial charge is 0.251 e. The highest BCUT2D eigenvalue weighted by Gasteiger charge is 2.22. The predicted octanol–water partition coefficient (Wildman–Crippen LogP) is -0.493. The fourth-order valence-electron chi connectivity index (χ4n) is 1.45. The molecule has 1 fully saturated rings. The second-order valence-corrected chi connectivity index (χ2v) is 3.06. The first-order chi connectivity index (χ1) is 5.24. The average molecular weight is 157 g/mol. The van der Waals surface area contributed by atoms with Crippen LogP contribution in [0.2, 0.25) is 0 Å². The molecule has 0 aliphatic carbocycles. The Kier molecular flexibility index (Phi) is 2.84. The van der Waals surface area contributed by atoms with Crippen LogP contribution in [0.15, 0.2) is 0 Å². The van der Waals surface area contributed by atoms with Crippen molar-refractivity contribution in [1.82, 2.24) is 10.7 Å². The second kappa shape index (κ2) is 3.69. The molecule has 1 aliphatic rings. The van der Waals surface area contributed by atoms with Gasteiger partial charge in [0.05, 0.1) is 6.04 Å². The van der Waals surface area contributed by atoms with Gasteiger partial charge in [-0.2, -0.15) is 0 Å². The molecule has 1 saturated heterocycles. The van der Waals surface area contributed by atoms with Crippen LogP contribution in [0.3, 0.4) is 0 Å². The monoisotopic (exact) mass is 157 g/mol. The molecule has 1 aliphatic heterocycles. The highest BCUT2D eigenvalue weighted by atomic mass is 16.2. The lowest BCUT2D eigenvalue weighted by Gasteiger charge is -2.26. The number of hydrogen-bond donors (Lipinski definition) is 3. The van der Waals surface area contributed by atoms with Gasteiger partial charge in [-0.3, -0.25) is 10.2 Å². The summed E-state index contributed by atoms with van der Waals surface area (Å²) in [6.45, 7) is 2.08. The summed E-state index contributed by atoms with van der Waals surface area (Å²) in [5.74, 6) is 4.91. The zero-order chi connectivity index (χ0) is 8.27. The number of hydrogen-bond acceptors (Lipinski definition) is 3. The minimum atomic E-state index is -0.100. The number of nitrogens with two attached hydrogens (primary N) is 1. The van der Waals surface area contributed by atoms with Crippen LogP contribution in [-0.2, 0) is 4.79 Å². The molecule has 4 heteroatoms. The van der Waals surface area contributed by atoms with Crippen LogP contribution in [0.1, 0.15) is 26.2 Å². The van der Waals surface area contributed by atoms with Crippen LogP contribution in [0.25, 0.3) is 0 Å². The van der Waals surface area contributed by atoms with Crippen molar-refractivity contribution in [3.8, 4) is 0 Å². The third-order valence-electron chi connectivity index (χ3n) is 2.07. The van der Waals surface area contributed by atoms with Gasteiger partial charge in [0.25, 0.3) is 5.91 Å². The minimum absolute atomic E-state index is 0.0799. The lowest BCUT2D eigenvalue weighted by Crippen LogP contribution is -2.51. The first-order valence-electron chi connectivity index (χ1n) is 4.00. The van der Waals surface area contributed by atoms with Crippen molar-refractivity contribution >= 4 is 5.91 Å². The zero-order valence-corrected chi connectivity index (χ0v) is 6.76. The number of piperidine rings is 1. The van der Waals surface area contributed by atoms with Gasteiger partial charge in [-0.25, -0.2) is 5.84 Å². The van der Waals surface area contributed by atoms with E-state index < -0.39 is 0 Å². The molecule has 64 valence electrons. The van der Waals surface area contributed by atoms with Gasteiger partial charge in [0.1, 0.15) is 0 Å². The molecule has 0 aromatic rings. The summed E-state index contributed by atoms with van der Waals surface area (Å²) in [4.78, 5) is 11.0. The molecular weight excluding hydrogens is 142 g/mol. The van der Waals surface area contributed by atoms with Crippen molar-refractivity contribution < 1.29 is 4.79 Å². The standard InChI is InChI=1S/C7H15N3O/c1-5-3-2-4-6(9-5)7(11)10-8/h5-6,9H,2-4,8H2,1H3,(H,10,11)/t5-,6-/m0/s1. The van der Waals surface area contributed by atoms with Crippen LogP contribution in [-0.4, -0.2) is 18.0 Å². The number of carbonyl (C=O) groups is 1. The molecule has 2 atom stereocenters. The van der Waals surface area contributed by atoms with Gasteiger partial charge in [0.15, 0.2) is 0 Å². The van der Waals surface area contributed by atoms with E-state index in [-0.39, 0.29) is 11.9 Å². The van der Waals surface area contributed by atoms with Crippen molar-refractivity contribution in [3.63, 3.8) is 0 Å². The Labute approximate surface area is 66.5 Å². The fraction of sp³-hybridized carbons (Fsp3) is 0.857. The third-order valence-corrected chi connectivity index (χ3v) is 2.07. The van der Waals surface area contributed by atoms with Gasteiger partial charge in [-0.05, 0) is 26.2 Å². The summed E-state index contributed by atoms with van der Waals surface area (Å²) < 4.78 is 0. The van der Waals surface area contributed by atoms with Crippen molar-refractivity contribution in [1.29, 1.82) is 0 Å². The molecule has 0 spiro atoms. The van der Waals surface area contributed by atoms with E-state index in [1.807, 2.05) is 0 Å². The summed E-state index contributed by atoms with van der Waals surface area (Å²) in [5, 5.41) is 3.17. The molecular formula is C7H15N3O. The van der Waals surface area contributed by atoms with Gasteiger partial charge in [-0.15, -0.1) is 0 Å². The van der Waals surface area contributed by atoms with E-state index in [0.29, 0.717) is 6.04 Å². The molecule has 1 rings (SSSR count). The molecule has 0 saturated carbocycles. The SMILES string of the molecule is C[C@H]1CCC[C@@H](C(=O)NN)N1. The maximum Gasteiger partial charge on any atom is 0.251 e. The van der Waals surface area contributed by atoms with Gasteiger partial charge in [-0.1, -0.05) is 0 Å². The van der Waals surface area contributed by atoms with E-state index in [2.05, 4.69) is 17.7 Å². The van der Waals surface area contributed by atoms with Gasteiger partial charge < -0.3 is 5.32 Å². The first kappa shape index (κ1) is 8.49. The summed E-state index contributed by atoms with van der Waals surface area (Å²) in [6, 6.07) is 0.356. The van der Waals surface area contributed by atoms with Gasteiger partial charge >= 0.3 is 0 Å². The van der Waals surface area contributed by atoms with Crippen molar-refractivity contribution in [2.24, 2.45) is 5.84 Å². The highest BCUT2D eigenvalue weighted by Crippen LogP contribution is 2.11. The third kappa shape index (κ3) is 2.17. The Bertz CT molecular complexity index is 149. The highest BCUT2D eigenvalue weighted by molar-refractivity contribution is 5.81. The minimum Gasteiger partial charge on any atom is -0.303 e. The molecule has 1 amide bonds. The first-order valence-corrected chi connectivity index (χ1v) is 4.00. The number of nitrogens with one attached hydrogen (secondary N) is 2. The number of rotatable bonds is 1. The lowest BCUT2D eigenvalue weighted by atomic mass is 9.99. The predicted molar refractivity (Wildman–Crippen MR) is 42.6 cm³/mol. The Hall–Kier alpha value is -0.610. The summed E-state index contributed by atoms with van der Waals surface area (Å²) in [7, 11) is 0. The van der Waals surface area contributed by atoms with Gasteiger partial charge in [0, 0.05) is 6.04 Å². The zero-order valence-electron chi connectivity index (χ0n) is 6.76. The quantitative estimate of drug-likeness (QED) is 0.273.